The monoisotopic (exact) mass is 231 g/mol. The topological polar surface area (TPSA) is 101 Å². The molecule has 0 aromatic rings. The molecule has 0 radical (unpaired) electrons. The summed E-state index contributed by atoms with van der Waals surface area (Å²) in [7, 11) is 0. The van der Waals surface area contributed by atoms with Gasteiger partial charge in [0.25, 0.3) is 0 Å². The van der Waals surface area contributed by atoms with Gasteiger partial charge in [0.1, 0.15) is 6.04 Å². The first-order valence-corrected chi connectivity index (χ1v) is 5.41. The Labute approximate surface area is 95.6 Å². The van der Waals surface area contributed by atoms with Crippen LogP contribution in [-0.4, -0.2) is 28.2 Å². The normalized spacial score (nSPS) is 17.2. The molecule has 5 nitrogen and oxygen atoms in total. The summed E-state index contributed by atoms with van der Waals surface area (Å²) >= 11 is 0. The largest absolute Gasteiger partial charge is 0.481 e. The number of rotatable bonds is 6. The van der Waals surface area contributed by atoms with E-state index >= 15 is 0 Å². The molecular weight excluding hydrogens is 210 g/mol. The Morgan fingerprint density at radius 2 is 1.38 bits per heavy atom. The Bertz CT molecular complexity index is 263. The van der Waals surface area contributed by atoms with Gasteiger partial charge < -0.3 is 15.9 Å². The van der Waals surface area contributed by atoms with Crippen LogP contribution < -0.4 is 5.73 Å². The minimum atomic E-state index is -1.15. The highest BCUT2D eigenvalue weighted by atomic mass is 16.4. The van der Waals surface area contributed by atoms with Gasteiger partial charge in [-0.15, -0.1) is 0 Å². The molecule has 0 spiro atoms. The van der Waals surface area contributed by atoms with E-state index < -0.39 is 29.8 Å². The quantitative estimate of drug-likeness (QED) is 0.633. The van der Waals surface area contributed by atoms with Gasteiger partial charge in [0.05, 0.1) is 5.92 Å². The molecule has 0 aromatic heterocycles. The second-order valence-corrected chi connectivity index (χ2v) is 4.79. The molecular formula is C11H21NO4. The molecule has 0 aromatic carbocycles. The number of hydrogen-bond donors (Lipinski definition) is 3. The standard InChI is InChI=1S/C11H21NO4/c1-5(2)7(9(12)11(15)16)8(6(3)4)10(13)14/h5-9H,12H2,1-4H3,(H,13,14)(H,15,16)/t7?,8?,9-/m0/s1. The van der Waals surface area contributed by atoms with Crippen molar-refractivity contribution in [2.24, 2.45) is 29.4 Å². The van der Waals surface area contributed by atoms with Gasteiger partial charge >= 0.3 is 11.9 Å². The van der Waals surface area contributed by atoms with Crippen LogP contribution in [0.15, 0.2) is 0 Å². The fraction of sp³-hybridized carbons (Fsp3) is 0.818. The van der Waals surface area contributed by atoms with Crippen LogP contribution >= 0.6 is 0 Å². The van der Waals surface area contributed by atoms with Crippen LogP contribution in [0.5, 0.6) is 0 Å². The van der Waals surface area contributed by atoms with Crippen molar-refractivity contribution < 1.29 is 19.8 Å². The van der Waals surface area contributed by atoms with Gasteiger partial charge in [-0.25, -0.2) is 0 Å². The van der Waals surface area contributed by atoms with E-state index in [1.807, 2.05) is 0 Å². The molecule has 5 heteroatoms. The summed E-state index contributed by atoms with van der Waals surface area (Å²) in [4.78, 5) is 22.0. The first-order chi connectivity index (χ1) is 7.20. The summed E-state index contributed by atoms with van der Waals surface area (Å²) in [6.45, 7) is 7.13. The van der Waals surface area contributed by atoms with E-state index in [1.54, 1.807) is 27.7 Å². The van der Waals surface area contributed by atoms with Gasteiger partial charge in [0, 0.05) is 5.92 Å². The maximum atomic E-state index is 11.2. The van der Waals surface area contributed by atoms with Crippen molar-refractivity contribution >= 4 is 11.9 Å². The van der Waals surface area contributed by atoms with Crippen molar-refractivity contribution in [2.75, 3.05) is 0 Å². The number of carbonyl (C=O) groups is 2. The molecule has 3 atom stereocenters. The lowest BCUT2D eigenvalue weighted by molar-refractivity contribution is -0.149. The van der Waals surface area contributed by atoms with Crippen LogP contribution in [0, 0.1) is 23.7 Å². The summed E-state index contributed by atoms with van der Waals surface area (Å²) in [5.41, 5.74) is 5.58. The highest BCUT2D eigenvalue weighted by Gasteiger charge is 2.39. The summed E-state index contributed by atoms with van der Waals surface area (Å²) in [6, 6.07) is -1.14. The molecule has 0 aliphatic heterocycles. The van der Waals surface area contributed by atoms with Gasteiger partial charge in [-0.1, -0.05) is 27.7 Å². The van der Waals surface area contributed by atoms with Gasteiger partial charge in [-0.2, -0.15) is 0 Å². The molecule has 16 heavy (non-hydrogen) atoms. The minimum Gasteiger partial charge on any atom is -0.481 e. The van der Waals surface area contributed by atoms with E-state index in [0.717, 1.165) is 0 Å². The highest BCUT2D eigenvalue weighted by molar-refractivity contribution is 5.76. The van der Waals surface area contributed by atoms with E-state index in [2.05, 4.69) is 0 Å². The lowest BCUT2D eigenvalue weighted by Gasteiger charge is -2.32. The second kappa shape index (κ2) is 5.84. The van der Waals surface area contributed by atoms with Crippen molar-refractivity contribution in [1.29, 1.82) is 0 Å². The summed E-state index contributed by atoms with van der Waals surface area (Å²) in [5, 5.41) is 18.0. The zero-order chi connectivity index (χ0) is 13.0. The van der Waals surface area contributed by atoms with Crippen molar-refractivity contribution in [3.8, 4) is 0 Å². The highest BCUT2D eigenvalue weighted by Crippen LogP contribution is 2.30. The van der Waals surface area contributed by atoms with Crippen LogP contribution in [0.25, 0.3) is 0 Å². The van der Waals surface area contributed by atoms with Gasteiger partial charge in [0.15, 0.2) is 0 Å². The van der Waals surface area contributed by atoms with E-state index in [0.29, 0.717) is 0 Å². The van der Waals surface area contributed by atoms with Crippen LogP contribution in [0.1, 0.15) is 27.7 Å². The van der Waals surface area contributed by atoms with Crippen LogP contribution in [0.4, 0.5) is 0 Å². The predicted octanol–water partition coefficient (Wildman–Crippen LogP) is 1.03. The Kier molecular flexibility index (Phi) is 5.44. The zero-order valence-electron chi connectivity index (χ0n) is 10.2. The lowest BCUT2D eigenvalue weighted by Crippen LogP contribution is -2.47. The average Bonchev–Trinajstić information content (AvgIpc) is 2.10. The Morgan fingerprint density at radius 3 is 1.56 bits per heavy atom. The number of carboxylic acids is 2. The van der Waals surface area contributed by atoms with Gasteiger partial charge in [-0.3, -0.25) is 9.59 Å². The molecule has 4 N–H and O–H groups in total. The Balaban J connectivity index is 5.15. The van der Waals surface area contributed by atoms with E-state index in [-0.39, 0.29) is 11.8 Å². The average molecular weight is 231 g/mol. The van der Waals surface area contributed by atoms with Crippen molar-refractivity contribution in [3.05, 3.63) is 0 Å². The third kappa shape index (κ3) is 3.48. The SMILES string of the molecule is CC(C)C(C(=O)O)C(C(C)C)[C@H](N)C(=O)O. The number of aliphatic carboxylic acids is 2. The fourth-order valence-corrected chi connectivity index (χ4v) is 2.11. The third-order valence-electron chi connectivity index (χ3n) is 2.89. The minimum absolute atomic E-state index is 0.0883. The number of nitrogens with two attached hydrogens (primary N) is 1. The maximum Gasteiger partial charge on any atom is 0.320 e. The number of carboxylic acid groups (broad SMARTS) is 2. The smallest absolute Gasteiger partial charge is 0.320 e. The van der Waals surface area contributed by atoms with Gasteiger partial charge in [0.2, 0.25) is 0 Å². The molecule has 0 fully saturated rings. The summed E-state index contributed by atoms with van der Waals surface area (Å²) < 4.78 is 0. The van der Waals surface area contributed by atoms with Gasteiger partial charge in [-0.05, 0) is 11.8 Å². The van der Waals surface area contributed by atoms with E-state index in [9.17, 15) is 9.59 Å². The van der Waals surface area contributed by atoms with Crippen molar-refractivity contribution in [2.45, 2.75) is 33.7 Å². The molecule has 0 saturated heterocycles. The van der Waals surface area contributed by atoms with Crippen LogP contribution in [0.2, 0.25) is 0 Å². The predicted molar refractivity (Wildman–Crippen MR) is 59.9 cm³/mol. The first-order valence-electron chi connectivity index (χ1n) is 5.41. The summed E-state index contributed by atoms with van der Waals surface area (Å²) in [5.74, 6) is -3.65. The van der Waals surface area contributed by atoms with Crippen molar-refractivity contribution in [3.63, 3.8) is 0 Å². The number of hydrogen-bond acceptors (Lipinski definition) is 3. The third-order valence-corrected chi connectivity index (χ3v) is 2.89. The van der Waals surface area contributed by atoms with Crippen LogP contribution in [0.3, 0.4) is 0 Å². The first kappa shape index (κ1) is 14.9. The Hall–Kier alpha value is -1.10. The fourth-order valence-electron chi connectivity index (χ4n) is 2.11. The molecule has 0 heterocycles. The zero-order valence-corrected chi connectivity index (χ0v) is 10.2. The molecule has 0 rings (SSSR count). The molecule has 94 valence electrons. The molecule has 0 saturated carbocycles. The second-order valence-electron chi connectivity index (χ2n) is 4.79. The maximum absolute atomic E-state index is 11.2. The van der Waals surface area contributed by atoms with Crippen LogP contribution in [-0.2, 0) is 9.59 Å². The molecule has 0 bridgehead atoms. The van der Waals surface area contributed by atoms with Crippen molar-refractivity contribution in [1.82, 2.24) is 0 Å². The van der Waals surface area contributed by atoms with E-state index in [4.69, 9.17) is 15.9 Å². The lowest BCUT2D eigenvalue weighted by atomic mass is 9.73. The molecule has 2 unspecified atom stereocenters. The van der Waals surface area contributed by atoms with E-state index in [1.165, 1.54) is 0 Å². The molecule has 0 aliphatic rings. The molecule has 0 amide bonds. The Morgan fingerprint density at radius 1 is 0.938 bits per heavy atom. The summed E-state index contributed by atoms with van der Waals surface area (Å²) in [6.07, 6.45) is 0. The molecule has 0 aliphatic carbocycles.